The molecule has 0 aromatic carbocycles. The minimum atomic E-state index is 0.811. The van der Waals surface area contributed by atoms with Gasteiger partial charge >= 0.3 is 0 Å². The van der Waals surface area contributed by atoms with E-state index in [9.17, 15) is 0 Å². The predicted molar refractivity (Wildman–Crippen MR) is 63.1 cm³/mol. The first-order valence-electron chi connectivity index (χ1n) is 5.63. The second kappa shape index (κ2) is 14.2. The zero-order valence-electron chi connectivity index (χ0n) is 10.1. The first-order valence-corrected chi connectivity index (χ1v) is 5.63. The van der Waals surface area contributed by atoms with E-state index in [1.807, 2.05) is 13.8 Å². The van der Waals surface area contributed by atoms with Gasteiger partial charge < -0.3 is 5.32 Å². The van der Waals surface area contributed by atoms with Crippen molar-refractivity contribution in [2.24, 2.45) is 5.92 Å². The molecule has 13 heavy (non-hydrogen) atoms. The minimum absolute atomic E-state index is 0.811. The standard InChI is InChI=1S/C10H21N.C2H6/c1-4-6-7-8-10(3)9-11-5-2;1-2/h4,6,10-11H,5,7-9H2,1-3H3;1-2H3/b6-4+;. The van der Waals surface area contributed by atoms with E-state index >= 15 is 0 Å². The summed E-state index contributed by atoms with van der Waals surface area (Å²) in [4.78, 5) is 0. The second-order valence-corrected chi connectivity index (χ2v) is 3.06. The Hall–Kier alpha value is -0.300. The average molecular weight is 185 g/mol. The number of hydrogen-bond donors (Lipinski definition) is 1. The lowest BCUT2D eigenvalue weighted by Crippen LogP contribution is -2.20. The Bertz CT molecular complexity index is 97.3. The van der Waals surface area contributed by atoms with Gasteiger partial charge in [0.25, 0.3) is 0 Å². The third-order valence-electron chi connectivity index (χ3n) is 1.80. The van der Waals surface area contributed by atoms with Crippen LogP contribution in [-0.4, -0.2) is 13.1 Å². The van der Waals surface area contributed by atoms with Crippen molar-refractivity contribution in [1.29, 1.82) is 0 Å². The topological polar surface area (TPSA) is 12.0 Å². The molecular formula is C12H27N. The predicted octanol–water partition coefficient (Wildman–Crippen LogP) is 3.61. The average Bonchev–Trinajstić information content (AvgIpc) is 2.18. The third-order valence-corrected chi connectivity index (χ3v) is 1.80. The Balaban J connectivity index is 0. The molecule has 0 saturated heterocycles. The molecule has 0 aliphatic rings. The molecule has 0 aromatic heterocycles. The van der Waals surface area contributed by atoms with Crippen LogP contribution in [0.25, 0.3) is 0 Å². The maximum absolute atomic E-state index is 3.35. The van der Waals surface area contributed by atoms with Gasteiger partial charge in [-0.1, -0.05) is 39.8 Å². The molecule has 0 heterocycles. The van der Waals surface area contributed by atoms with Gasteiger partial charge in [0, 0.05) is 0 Å². The monoisotopic (exact) mass is 185 g/mol. The fourth-order valence-corrected chi connectivity index (χ4v) is 1.04. The molecule has 0 bridgehead atoms. The Morgan fingerprint density at radius 3 is 2.38 bits per heavy atom. The highest BCUT2D eigenvalue weighted by Crippen LogP contribution is 2.04. The van der Waals surface area contributed by atoms with Gasteiger partial charge in [0.2, 0.25) is 0 Å². The van der Waals surface area contributed by atoms with E-state index in [1.54, 1.807) is 0 Å². The van der Waals surface area contributed by atoms with Crippen LogP contribution in [-0.2, 0) is 0 Å². The molecule has 0 aromatic rings. The third kappa shape index (κ3) is 14.5. The van der Waals surface area contributed by atoms with Gasteiger partial charge in [-0.15, -0.1) is 0 Å². The van der Waals surface area contributed by atoms with Crippen LogP contribution >= 0.6 is 0 Å². The molecule has 0 amide bonds. The van der Waals surface area contributed by atoms with Crippen molar-refractivity contribution in [2.45, 2.75) is 47.5 Å². The molecule has 0 saturated carbocycles. The van der Waals surface area contributed by atoms with E-state index in [-0.39, 0.29) is 0 Å². The van der Waals surface area contributed by atoms with Crippen molar-refractivity contribution in [3.63, 3.8) is 0 Å². The molecule has 1 unspecified atom stereocenters. The molecule has 0 rings (SSSR count). The summed E-state index contributed by atoms with van der Waals surface area (Å²) in [7, 11) is 0. The Labute approximate surface area is 84.6 Å². The fraction of sp³-hybridized carbons (Fsp3) is 0.833. The van der Waals surface area contributed by atoms with E-state index in [0.717, 1.165) is 19.0 Å². The molecule has 1 nitrogen and oxygen atoms in total. The summed E-state index contributed by atoms with van der Waals surface area (Å²) in [6.07, 6.45) is 6.89. The number of hydrogen-bond acceptors (Lipinski definition) is 1. The summed E-state index contributed by atoms with van der Waals surface area (Å²) in [6.45, 7) is 12.8. The van der Waals surface area contributed by atoms with Crippen LogP contribution in [0.2, 0.25) is 0 Å². The lowest BCUT2D eigenvalue weighted by Gasteiger charge is -2.09. The van der Waals surface area contributed by atoms with Crippen molar-refractivity contribution < 1.29 is 0 Å². The molecule has 0 spiro atoms. The first kappa shape index (κ1) is 15.2. The second-order valence-electron chi connectivity index (χ2n) is 3.06. The highest BCUT2D eigenvalue weighted by atomic mass is 14.8. The van der Waals surface area contributed by atoms with Crippen molar-refractivity contribution in [2.75, 3.05) is 13.1 Å². The normalized spacial score (nSPS) is 12.4. The van der Waals surface area contributed by atoms with Crippen molar-refractivity contribution in [3.8, 4) is 0 Å². The highest BCUT2D eigenvalue weighted by Gasteiger charge is 1.97. The maximum Gasteiger partial charge on any atom is -0.00232 e. The van der Waals surface area contributed by atoms with E-state index in [1.165, 1.54) is 12.8 Å². The Morgan fingerprint density at radius 1 is 1.31 bits per heavy atom. The van der Waals surface area contributed by atoms with Gasteiger partial charge in [0.1, 0.15) is 0 Å². The van der Waals surface area contributed by atoms with Gasteiger partial charge in [-0.05, 0) is 38.8 Å². The van der Waals surface area contributed by atoms with Gasteiger partial charge in [0.15, 0.2) is 0 Å². The summed E-state index contributed by atoms with van der Waals surface area (Å²) >= 11 is 0. The maximum atomic E-state index is 3.35. The summed E-state index contributed by atoms with van der Waals surface area (Å²) in [6, 6.07) is 0. The SMILES string of the molecule is C/C=C/CCC(C)CNCC.CC. The number of rotatable bonds is 6. The summed E-state index contributed by atoms with van der Waals surface area (Å²) in [5, 5.41) is 3.35. The van der Waals surface area contributed by atoms with Crippen LogP contribution in [0.3, 0.4) is 0 Å². The van der Waals surface area contributed by atoms with Gasteiger partial charge in [-0.25, -0.2) is 0 Å². The molecule has 0 aliphatic carbocycles. The van der Waals surface area contributed by atoms with E-state index in [2.05, 4.69) is 38.2 Å². The number of nitrogens with one attached hydrogen (secondary N) is 1. The number of allylic oxidation sites excluding steroid dienone is 2. The van der Waals surface area contributed by atoms with Crippen LogP contribution in [0, 0.1) is 5.92 Å². The lowest BCUT2D eigenvalue weighted by atomic mass is 10.1. The lowest BCUT2D eigenvalue weighted by molar-refractivity contribution is 0.493. The van der Waals surface area contributed by atoms with E-state index in [4.69, 9.17) is 0 Å². The summed E-state index contributed by atoms with van der Waals surface area (Å²) in [5.41, 5.74) is 0. The zero-order valence-corrected chi connectivity index (χ0v) is 10.1. The van der Waals surface area contributed by atoms with Crippen molar-refractivity contribution in [1.82, 2.24) is 5.32 Å². The molecule has 0 radical (unpaired) electrons. The van der Waals surface area contributed by atoms with E-state index < -0.39 is 0 Å². The van der Waals surface area contributed by atoms with Crippen LogP contribution in [0.1, 0.15) is 47.5 Å². The molecule has 0 aliphatic heterocycles. The summed E-state index contributed by atoms with van der Waals surface area (Å²) < 4.78 is 0. The first-order chi connectivity index (χ1) is 6.31. The van der Waals surface area contributed by atoms with Crippen molar-refractivity contribution in [3.05, 3.63) is 12.2 Å². The Kier molecular flexibility index (Phi) is 16.6. The zero-order chi connectivity index (χ0) is 10.5. The minimum Gasteiger partial charge on any atom is -0.317 e. The molecule has 0 fully saturated rings. The van der Waals surface area contributed by atoms with Crippen molar-refractivity contribution >= 4 is 0 Å². The molecule has 1 heteroatoms. The van der Waals surface area contributed by atoms with Crippen LogP contribution in [0.4, 0.5) is 0 Å². The van der Waals surface area contributed by atoms with Gasteiger partial charge in [0.05, 0.1) is 0 Å². The molecule has 80 valence electrons. The fourth-order valence-electron chi connectivity index (χ4n) is 1.04. The Morgan fingerprint density at radius 2 is 1.92 bits per heavy atom. The molecular weight excluding hydrogens is 158 g/mol. The van der Waals surface area contributed by atoms with E-state index in [0.29, 0.717) is 0 Å². The largest absolute Gasteiger partial charge is 0.317 e. The molecule has 1 N–H and O–H groups in total. The van der Waals surface area contributed by atoms with Gasteiger partial charge in [-0.2, -0.15) is 0 Å². The smallest absolute Gasteiger partial charge is 0.00232 e. The quantitative estimate of drug-likeness (QED) is 0.623. The highest BCUT2D eigenvalue weighted by molar-refractivity contribution is 4.77. The van der Waals surface area contributed by atoms with Crippen LogP contribution < -0.4 is 5.32 Å². The van der Waals surface area contributed by atoms with Crippen LogP contribution in [0.5, 0.6) is 0 Å². The van der Waals surface area contributed by atoms with Crippen LogP contribution in [0.15, 0.2) is 12.2 Å². The molecule has 1 atom stereocenters. The summed E-state index contributed by atoms with van der Waals surface area (Å²) in [5.74, 6) is 0.811. The van der Waals surface area contributed by atoms with Gasteiger partial charge in [-0.3, -0.25) is 0 Å².